The summed E-state index contributed by atoms with van der Waals surface area (Å²) in [5.41, 5.74) is 1.44. The maximum absolute atomic E-state index is 5.52. The van der Waals surface area contributed by atoms with Crippen LogP contribution in [-0.2, 0) is 13.0 Å². The molecule has 14 heavy (non-hydrogen) atoms. The van der Waals surface area contributed by atoms with Gasteiger partial charge in [0.2, 0.25) is 5.88 Å². The molecule has 0 atom stereocenters. The van der Waals surface area contributed by atoms with E-state index in [0.717, 1.165) is 37.6 Å². The van der Waals surface area contributed by atoms with Crippen molar-refractivity contribution in [3.8, 4) is 5.88 Å². The minimum Gasteiger partial charge on any atom is -0.478 e. The Labute approximate surface area is 85.1 Å². The van der Waals surface area contributed by atoms with Gasteiger partial charge in [-0.3, -0.25) is 0 Å². The maximum Gasteiger partial charge on any atom is 0.211 e. The first-order chi connectivity index (χ1) is 6.54. The SMILES string of the molecule is CC(C)(C)Cc1cc2n(n1)CCCO2. The molecule has 0 radical (unpaired) electrons. The van der Waals surface area contributed by atoms with Crippen molar-refractivity contribution < 1.29 is 4.74 Å². The molecule has 0 saturated heterocycles. The Balaban J connectivity index is 2.16. The first-order valence-electron chi connectivity index (χ1n) is 5.24. The van der Waals surface area contributed by atoms with Gasteiger partial charge < -0.3 is 4.74 Å². The lowest BCUT2D eigenvalue weighted by atomic mass is 9.91. The van der Waals surface area contributed by atoms with Crippen molar-refractivity contribution in [1.82, 2.24) is 9.78 Å². The zero-order valence-electron chi connectivity index (χ0n) is 9.21. The fraction of sp³-hybridized carbons (Fsp3) is 0.727. The molecular weight excluding hydrogens is 176 g/mol. The Hall–Kier alpha value is -0.990. The van der Waals surface area contributed by atoms with Crippen molar-refractivity contribution >= 4 is 0 Å². The zero-order chi connectivity index (χ0) is 10.2. The number of hydrogen-bond acceptors (Lipinski definition) is 2. The van der Waals surface area contributed by atoms with Crippen LogP contribution in [0.2, 0.25) is 0 Å². The summed E-state index contributed by atoms with van der Waals surface area (Å²) in [5.74, 6) is 0.940. The van der Waals surface area contributed by atoms with E-state index in [9.17, 15) is 0 Å². The first-order valence-corrected chi connectivity index (χ1v) is 5.24. The summed E-state index contributed by atoms with van der Waals surface area (Å²) >= 11 is 0. The third kappa shape index (κ3) is 2.08. The molecule has 0 spiro atoms. The van der Waals surface area contributed by atoms with Crippen LogP contribution in [0.5, 0.6) is 5.88 Å². The van der Waals surface area contributed by atoms with Gasteiger partial charge in [0.15, 0.2) is 0 Å². The molecule has 2 rings (SSSR count). The molecule has 3 heteroatoms. The highest BCUT2D eigenvalue weighted by atomic mass is 16.5. The van der Waals surface area contributed by atoms with E-state index in [2.05, 4.69) is 31.9 Å². The van der Waals surface area contributed by atoms with Crippen LogP contribution in [0, 0.1) is 5.41 Å². The Morgan fingerprint density at radius 2 is 2.29 bits per heavy atom. The molecule has 0 N–H and O–H groups in total. The second kappa shape index (κ2) is 3.30. The summed E-state index contributed by atoms with van der Waals surface area (Å²) in [4.78, 5) is 0. The molecule has 3 nitrogen and oxygen atoms in total. The summed E-state index contributed by atoms with van der Waals surface area (Å²) in [7, 11) is 0. The largest absolute Gasteiger partial charge is 0.478 e. The highest BCUT2D eigenvalue weighted by Gasteiger charge is 2.17. The number of hydrogen-bond donors (Lipinski definition) is 0. The predicted molar refractivity (Wildman–Crippen MR) is 55.5 cm³/mol. The lowest BCUT2D eigenvalue weighted by Gasteiger charge is -2.15. The van der Waals surface area contributed by atoms with E-state index in [1.165, 1.54) is 0 Å². The van der Waals surface area contributed by atoms with E-state index in [4.69, 9.17) is 4.74 Å². The van der Waals surface area contributed by atoms with Gasteiger partial charge in [-0.1, -0.05) is 20.8 Å². The van der Waals surface area contributed by atoms with Gasteiger partial charge in [-0.05, 0) is 11.8 Å². The van der Waals surface area contributed by atoms with E-state index in [1.807, 2.05) is 4.68 Å². The van der Waals surface area contributed by atoms with Gasteiger partial charge in [0.05, 0.1) is 12.3 Å². The molecule has 2 heterocycles. The molecule has 0 fully saturated rings. The Morgan fingerprint density at radius 1 is 1.50 bits per heavy atom. The van der Waals surface area contributed by atoms with Gasteiger partial charge in [0.1, 0.15) is 0 Å². The van der Waals surface area contributed by atoms with Gasteiger partial charge >= 0.3 is 0 Å². The minimum absolute atomic E-state index is 0.296. The van der Waals surface area contributed by atoms with Crippen molar-refractivity contribution in [3.63, 3.8) is 0 Å². The molecule has 78 valence electrons. The molecule has 1 aliphatic rings. The van der Waals surface area contributed by atoms with Crippen LogP contribution in [0.3, 0.4) is 0 Å². The van der Waals surface area contributed by atoms with Crippen molar-refractivity contribution in [2.24, 2.45) is 5.41 Å². The van der Waals surface area contributed by atoms with E-state index >= 15 is 0 Å². The fourth-order valence-corrected chi connectivity index (χ4v) is 1.75. The van der Waals surface area contributed by atoms with E-state index < -0.39 is 0 Å². The third-order valence-corrected chi connectivity index (χ3v) is 2.27. The van der Waals surface area contributed by atoms with Crippen LogP contribution < -0.4 is 4.74 Å². The van der Waals surface area contributed by atoms with Gasteiger partial charge in [0, 0.05) is 19.0 Å². The molecule has 0 bridgehead atoms. The van der Waals surface area contributed by atoms with Crippen LogP contribution >= 0.6 is 0 Å². The van der Waals surface area contributed by atoms with E-state index in [-0.39, 0.29) is 0 Å². The second-order valence-electron chi connectivity index (χ2n) is 5.14. The number of nitrogens with zero attached hydrogens (tertiary/aromatic N) is 2. The lowest BCUT2D eigenvalue weighted by Crippen LogP contribution is -2.15. The molecule has 1 aliphatic heterocycles. The summed E-state index contributed by atoms with van der Waals surface area (Å²) in [5, 5.41) is 4.53. The third-order valence-electron chi connectivity index (χ3n) is 2.27. The number of aromatic nitrogens is 2. The van der Waals surface area contributed by atoms with Gasteiger partial charge in [-0.25, -0.2) is 4.68 Å². The van der Waals surface area contributed by atoms with Crippen molar-refractivity contribution in [1.29, 1.82) is 0 Å². The van der Waals surface area contributed by atoms with Crippen molar-refractivity contribution in [2.45, 2.75) is 40.2 Å². The summed E-state index contributed by atoms with van der Waals surface area (Å²) in [6.45, 7) is 8.52. The van der Waals surface area contributed by atoms with Crippen LogP contribution in [0.4, 0.5) is 0 Å². The first kappa shape index (κ1) is 9.56. The Bertz CT molecular complexity index is 299. The van der Waals surface area contributed by atoms with E-state index in [0.29, 0.717) is 5.41 Å². The lowest BCUT2D eigenvalue weighted by molar-refractivity contribution is 0.230. The number of ether oxygens (including phenoxy) is 1. The van der Waals surface area contributed by atoms with Gasteiger partial charge in [-0.2, -0.15) is 5.10 Å². The standard InChI is InChI=1S/C11H18N2O/c1-11(2,3)8-9-7-10-13(12-9)5-4-6-14-10/h7H,4-6,8H2,1-3H3. The quantitative estimate of drug-likeness (QED) is 0.685. The van der Waals surface area contributed by atoms with Crippen LogP contribution in [-0.4, -0.2) is 16.4 Å². The number of fused-ring (bicyclic) bond motifs is 1. The Morgan fingerprint density at radius 3 is 2.93 bits per heavy atom. The highest BCUT2D eigenvalue weighted by Crippen LogP contribution is 2.24. The topological polar surface area (TPSA) is 27.1 Å². The second-order valence-corrected chi connectivity index (χ2v) is 5.14. The highest BCUT2D eigenvalue weighted by molar-refractivity contribution is 5.18. The van der Waals surface area contributed by atoms with Gasteiger partial charge in [-0.15, -0.1) is 0 Å². The van der Waals surface area contributed by atoms with E-state index in [1.54, 1.807) is 0 Å². The molecule has 1 aromatic heterocycles. The minimum atomic E-state index is 0.296. The summed E-state index contributed by atoms with van der Waals surface area (Å²) in [6, 6.07) is 2.07. The maximum atomic E-state index is 5.52. The summed E-state index contributed by atoms with van der Waals surface area (Å²) in [6.07, 6.45) is 2.08. The molecular formula is C11H18N2O. The fourth-order valence-electron chi connectivity index (χ4n) is 1.75. The molecule has 0 saturated carbocycles. The number of aryl methyl sites for hydroxylation is 1. The molecule has 1 aromatic rings. The smallest absolute Gasteiger partial charge is 0.211 e. The molecule has 0 aliphatic carbocycles. The summed E-state index contributed by atoms with van der Waals surface area (Å²) < 4.78 is 7.50. The average Bonchev–Trinajstić information content (AvgIpc) is 2.42. The predicted octanol–water partition coefficient (Wildman–Crippen LogP) is 2.25. The molecule has 0 aromatic carbocycles. The van der Waals surface area contributed by atoms with Crippen LogP contribution in [0.25, 0.3) is 0 Å². The normalized spacial score (nSPS) is 16.2. The monoisotopic (exact) mass is 194 g/mol. The van der Waals surface area contributed by atoms with Crippen molar-refractivity contribution in [2.75, 3.05) is 6.61 Å². The average molecular weight is 194 g/mol. The van der Waals surface area contributed by atoms with Crippen LogP contribution in [0.15, 0.2) is 6.07 Å². The molecule has 0 amide bonds. The zero-order valence-corrected chi connectivity index (χ0v) is 9.21. The van der Waals surface area contributed by atoms with Gasteiger partial charge in [0.25, 0.3) is 0 Å². The van der Waals surface area contributed by atoms with Crippen molar-refractivity contribution in [3.05, 3.63) is 11.8 Å². The molecule has 0 unspecified atom stereocenters. The van der Waals surface area contributed by atoms with Crippen LogP contribution in [0.1, 0.15) is 32.9 Å². The Kier molecular flexibility index (Phi) is 2.25. The number of rotatable bonds is 1.